The molecule has 2 rings (SSSR count). The van der Waals surface area contributed by atoms with Crippen LogP contribution in [0.3, 0.4) is 0 Å². The number of piperidine rings is 1. The van der Waals surface area contributed by atoms with Crippen molar-refractivity contribution in [3.8, 4) is 0 Å². The van der Waals surface area contributed by atoms with Crippen molar-refractivity contribution in [1.82, 2.24) is 20.4 Å². The second-order valence-corrected chi connectivity index (χ2v) is 7.30. The number of guanidine groups is 1. The Kier molecular flexibility index (Phi) is 11.3. The van der Waals surface area contributed by atoms with Gasteiger partial charge in [-0.15, -0.1) is 24.0 Å². The molecule has 0 radical (unpaired) electrons. The minimum atomic E-state index is 0. The smallest absolute Gasteiger partial charge is 0.191 e. The molecule has 2 saturated heterocycles. The van der Waals surface area contributed by atoms with E-state index in [1.54, 1.807) is 0 Å². The monoisotopic (exact) mass is 451 g/mol. The van der Waals surface area contributed by atoms with Crippen molar-refractivity contribution in [1.29, 1.82) is 0 Å². The summed E-state index contributed by atoms with van der Waals surface area (Å²) in [7, 11) is 1.88. The van der Waals surface area contributed by atoms with Gasteiger partial charge in [0.15, 0.2) is 5.96 Å². The van der Waals surface area contributed by atoms with Crippen LogP contribution in [0.2, 0.25) is 0 Å². The lowest BCUT2D eigenvalue weighted by atomic mass is 10.0. The van der Waals surface area contributed by atoms with E-state index in [0.29, 0.717) is 12.1 Å². The summed E-state index contributed by atoms with van der Waals surface area (Å²) in [5.74, 6) is 0.981. The van der Waals surface area contributed by atoms with Crippen molar-refractivity contribution in [2.24, 2.45) is 4.99 Å². The van der Waals surface area contributed by atoms with Gasteiger partial charge in [-0.3, -0.25) is 4.99 Å². The van der Waals surface area contributed by atoms with Crippen LogP contribution < -0.4 is 10.6 Å². The molecule has 0 saturated carbocycles. The maximum Gasteiger partial charge on any atom is 0.191 e. The Morgan fingerprint density at radius 1 is 1.08 bits per heavy atom. The number of rotatable bonds is 7. The van der Waals surface area contributed by atoms with Crippen molar-refractivity contribution < 1.29 is 0 Å². The molecule has 0 atom stereocenters. The van der Waals surface area contributed by atoms with Crippen LogP contribution >= 0.6 is 24.0 Å². The van der Waals surface area contributed by atoms with Crippen molar-refractivity contribution >= 4 is 29.9 Å². The van der Waals surface area contributed by atoms with Crippen molar-refractivity contribution in [3.05, 3.63) is 0 Å². The van der Waals surface area contributed by atoms with Gasteiger partial charge in [-0.1, -0.05) is 0 Å². The minimum absolute atomic E-state index is 0. The number of hydrogen-bond donors (Lipinski definition) is 2. The SMILES string of the molecule is CN=C(NCCCCN1CCCC1)NC1CCN(C(C)C)CC1.I. The summed E-state index contributed by atoms with van der Waals surface area (Å²) in [4.78, 5) is 9.54. The first kappa shape index (κ1) is 22.0. The third-order valence-electron chi connectivity index (χ3n) is 5.22. The zero-order chi connectivity index (χ0) is 16.5. The third-order valence-corrected chi connectivity index (χ3v) is 5.22. The lowest BCUT2D eigenvalue weighted by Crippen LogP contribution is -2.50. The molecule has 2 aliphatic rings. The molecule has 0 aliphatic carbocycles. The zero-order valence-electron chi connectivity index (χ0n) is 15.9. The fraction of sp³-hybridized carbons (Fsp3) is 0.944. The Balaban J connectivity index is 0.00000288. The number of aliphatic imine (C=N–C) groups is 1. The standard InChI is InChI=1S/C18H37N5.HI/c1-16(2)23-14-8-17(9-15-23)21-18(19-3)20-10-4-5-11-22-12-6-7-13-22;/h16-17H,4-15H2,1-3H3,(H2,19,20,21);1H. The molecule has 0 aromatic heterocycles. The van der Waals surface area contributed by atoms with Gasteiger partial charge < -0.3 is 20.4 Å². The van der Waals surface area contributed by atoms with E-state index in [-0.39, 0.29) is 24.0 Å². The average Bonchev–Trinajstić information content (AvgIpc) is 3.07. The molecular formula is C18H38IN5. The zero-order valence-corrected chi connectivity index (χ0v) is 18.2. The van der Waals surface area contributed by atoms with Gasteiger partial charge in [0.05, 0.1) is 0 Å². The Labute approximate surface area is 166 Å². The van der Waals surface area contributed by atoms with Crippen LogP contribution in [0.4, 0.5) is 0 Å². The van der Waals surface area contributed by atoms with Crippen LogP contribution in [0, 0.1) is 0 Å². The summed E-state index contributed by atoms with van der Waals surface area (Å²) in [5.41, 5.74) is 0. The summed E-state index contributed by atoms with van der Waals surface area (Å²) < 4.78 is 0. The predicted molar refractivity (Wildman–Crippen MR) is 115 cm³/mol. The molecule has 2 N–H and O–H groups in total. The molecule has 2 fully saturated rings. The number of unbranched alkanes of at least 4 members (excludes halogenated alkanes) is 1. The van der Waals surface area contributed by atoms with E-state index in [1.165, 1.54) is 71.2 Å². The van der Waals surface area contributed by atoms with Gasteiger partial charge in [-0.25, -0.2) is 0 Å². The Morgan fingerprint density at radius 2 is 1.75 bits per heavy atom. The topological polar surface area (TPSA) is 42.9 Å². The van der Waals surface area contributed by atoms with E-state index in [9.17, 15) is 0 Å². The molecule has 24 heavy (non-hydrogen) atoms. The molecule has 0 aromatic carbocycles. The number of nitrogens with zero attached hydrogens (tertiary/aromatic N) is 3. The molecule has 0 bridgehead atoms. The molecule has 0 amide bonds. The summed E-state index contributed by atoms with van der Waals surface area (Å²) in [6.45, 7) is 11.9. The van der Waals surface area contributed by atoms with E-state index >= 15 is 0 Å². The lowest BCUT2D eigenvalue weighted by Gasteiger charge is -2.35. The highest BCUT2D eigenvalue weighted by molar-refractivity contribution is 14.0. The summed E-state index contributed by atoms with van der Waals surface area (Å²) in [6.07, 6.45) is 7.73. The Morgan fingerprint density at radius 3 is 2.33 bits per heavy atom. The first-order valence-electron chi connectivity index (χ1n) is 9.62. The van der Waals surface area contributed by atoms with Crippen molar-refractivity contribution in [2.45, 2.75) is 64.5 Å². The van der Waals surface area contributed by atoms with Crippen LogP contribution in [0.25, 0.3) is 0 Å². The maximum absolute atomic E-state index is 4.38. The van der Waals surface area contributed by atoms with Gasteiger partial charge in [-0.2, -0.15) is 0 Å². The van der Waals surface area contributed by atoms with E-state index in [1.807, 2.05) is 7.05 Å². The summed E-state index contributed by atoms with van der Waals surface area (Å²) in [5, 5.41) is 7.08. The number of nitrogens with one attached hydrogen (secondary N) is 2. The summed E-state index contributed by atoms with van der Waals surface area (Å²) >= 11 is 0. The molecular weight excluding hydrogens is 413 g/mol. The maximum atomic E-state index is 4.38. The van der Waals surface area contributed by atoms with Crippen LogP contribution in [0.15, 0.2) is 4.99 Å². The van der Waals surface area contributed by atoms with E-state index < -0.39 is 0 Å². The first-order valence-corrected chi connectivity index (χ1v) is 9.62. The second-order valence-electron chi connectivity index (χ2n) is 7.30. The Bertz CT molecular complexity index is 347. The van der Waals surface area contributed by atoms with Crippen LogP contribution in [-0.2, 0) is 0 Å². The fourth-order valence-electron chi connectivity index (χ4n) is 3.62. The van der Waals surface area contributed by atoms with E-state index in [4.69, 9.17) is 0 Å². The lowest BCUT2D eigenvalue weighted by molar-refractivity contribution is 0.167. The normalized spacial score (nSPS) is 21.1. The minimum Gasteiger partial charge on any atom is -0.356 e. The summed E-state index contributed by atoms with van der Waals surface area (Å²) in [6, 6.07) is 1.24. The molecule has 0 spiro atoms. The van der Waals surface area contributed by atoms with Gasteiger partial charge >= 0.3 is 0 Å². The van der Waals surface area contributed by atoms with E-state index in [0.717, 1.165) is 12.5 Å². The van der Waals surface area contributed by atoms with Crippen molar-refractivity contribution in [3.63, 3.8) is 0 Å². The highest BCUT2D eigenvalue weighted by Gasteiger charge is 2.21. The number of likely N-dealkylation sites (tertiary alicyclic amines) is 2. The van der Waals surface area contributed by atoms with Gasteiger partial charge in [0, 0.05) is 38.8 Å². The van der Waals surface area contributed by atoms with E-state index in [2.05, 4.69) is 39.3 Å². The molecule has 2 heterocycles. The quantitative estimate of drug-likeness (QED) is 0.270. The van der Waals surface area contributed by atoms with Crippen LogP contribution in [-0.4, -0.2) is 74.2 Å². The van der Waals surface area contributed by atoms with Gasteiger partial charge in [-0.05, 0) is 72.0 Å². The van der Waals surface area contributed by atoms with Gasteiger partial charge in [0.1, 0.15) is 0 Å². The fourth-order valence-corrected chi connectivity index (χ4v) is 3.62. The molecule has 5 nitrogen and oxygen atoms in total. The average molecular weight is 451 g/mol. The van der Waals surface area contributed by atoms with Gasteiger partial charge in [0.2, 0.25) is 0 Å². The van der Waals surface area contributed by atoms with Crippen molar-refractivity contribution in [2.75, 3.05) is 46.3 Å². The third kappa shape index (κ3) is 7.87. The van der Waals surface area contributed by atoms with Gasteiger partial charge in [0.25, 0.3) is 0 Å². The molecule has 0 aromatic rings. The number of halogens is 1. The largest absolute Gasteiger partial charge is 0.356 e. The molecule has 142 valence electrons. The Hall–Kier alpha value is -0.0800. The number of hydrogen-bond acceptors (Lipinski definition) is 3. The molecule has 6 heteroatoms. The molecule has 0 unspecified atom stereocenters. The highest BCUT2D eigenvalue weighted by atomic mass is 127. The molecule has 2 aliphatic heterocycles. The predicted octanol–water partition coefficient (Wildman–Crippen LogP) is 2.52. The highest BCUT2D eigenvalue weighted by Crippen LogP contribution is 2.12. The second kappa shape index (κ2) is 12.3. The van der Waals surface area contributed by atoms with Crippen LogP contribution in [0.1, 0.15) is 52.4 Å². The first-order chi connectivity index (χ1) is 11.2. The van der Waals surface area contributed by atoms with Crippen LogP contribution in [0.5, 0.6) is 0 Å².